The molecule has 20 heavy (non-hydrogen) atoms. The molecule has 0 aliphatic rings. The minimum Gasteiger partial charge on any atom is -0.347 e. The van der Waals surface area contributed by atoms with Gasteiger partial charge in [-0.2, -0.15) is 5.10 Å². The Hall–Kier alpha value is -1.56. The average Bonchev–Trinajstić information content (AvgIpc) is 2.94. The number of nitrogens with zero attached hydrogens (tertiary/aromatic N) is 5. The second kappa shape index (κ2) is 5.44. The molecule has 2 rings (SSSR count). The number of amides is 1. The molecule has 110 valence electrons. The molecular formula is C13H20ClN5O. The second-order valence-electron chi connectivity index (χ2n) is 5.01. The quantitative estimate of drug-likeness (QED) is 0.811. The predicted molar refractivity (Wildman–Crippen MR) is 78.9 cm³/mol. The summed E-state index contributed by atoms with van der Waals surface area (Å²) in [6, 6.07) is -0.356. The highest BCUT2D eigenvalue weighted by atomic mass is 35.5. The summed E-state index contributed by atoms with van der Waals surface area (Å²) in [5.74, 6) is 0.979. The Balaban J connectivity index is 2.69. The number of aryl methyl sites for hydroxylation is 2. The van der Waals surface area contributed by atoms with Gasteiger partial charge in [-0.1, -0.05) is 0 Å². The van der Waals surface area contributed by atoms with Crippen LogP contribution in [-0.4, -0.2) is 44.2 Å². The molecule has 2 aromatic rings. The monoisotopic (exact) mass is 297 g/mol. The minimum atomic E-state index is -0.356. The van der Waals surface area contributed by atoms with E-state index in [1.165, 1.54) is 0 Å². The van der Waals surface area contributed by atoms with Crippen molar-refractivity contribution < 1.29 is 4.79 Å². The highest BCUT2D eigenvalue weighted by Gasteiger charge is 2.25. The maximum Gasteiger partial charge on any atom is 0.244 e. The van der Waals surface area contributed by atoms with Crippen LogP contribution in [0.15, 0.2) is 0 Å². The third-order valence-corrected chi connectivity index (χ3v) is 3.66. The normalized spacial score (nSPS) is 12.9. The third kappa shape index (κ3) is 2.18. The van der Waals surface area contributed by atoms with Crippen molar-refractivity contribution in [3.8, 4) is 0 Å². The first-order chi connectivity index (χ1) is 9.42. The molecule has 0 aromatic carbocycles. The Labute approximate surface area is 123 Å². The van der Waals surface area contributed by atoms with Gasteiger partial charge in [0.05, 0.1) is 11.6 Å². The summed E-state index contributed by atoms with van der Waals surface area (Å²) in [5, 5.41) is 4.46. The fraction of sp³-hybridized carbons (Fsp3) is 0.615. The predicted octanol–water partition coefficient (Wildman–Crippen LogP) is 1.95. The lowest BCUT2D eigenvalue weighted by Gasteiger charge is -2.20. The molecule has 6 nitrogen and oxygen atoms in total. The van der Waals surface area contributed by atoms with Crippen LogP contribution in [0.5, 0.6) is 0 Å². The van der Waals surface area contributed by atoms with E-state index in [1.807, 2.05) is 30.0 Å². The number of fused-ring (bicyclic) bond motifs is 1. The van der Waals surface area contributed by atoms with Gasteiger partial charge in [-0.05, 0) is 20.8 Å². The zero-order valence-electron chi connectivity index (χ0n) is 12.5. The van der Waals surface area contributed by atoms with Crippen molar-refractivity contribution in [1.82, 2.24) is 24.2 Å². The average molecular weight is 298 g/mol. The van der Waals surface area contributed by atoms with Gasteiger partial charge < -0.3 is 4.90 Å². The summed E-state index contributed by atoms with van der Waals surface area (Å²) < 4.78 is 3.77. The summed E-state index contributed by atoms with van der Waals surface area (Å²) in [4.78, 5) is 18.4. The summed E-state index contributed by atoms with van der Waals surface area (Å²) in [7, 11) is 3.49. The van der Waals surface area contributed by atoms with Gasteiger partial charge in [-0.15, -0.1) is 11.6 Å². The van der Waals surface area contributed by atoms with Crippen molar-refractivity contribution in [2.45, 2.75) is 39.2 Å². The fourth-order valence-corrected chi connectivity index (χ4v) is 2.63. The Morgan fingerprint density at radius 3 is 2.60 bits per heavy atom. The lowest BCUT2D eigenvalue weighted by Crippen LogP contribution is -2.31. The Morgan fingerprint density at radius 1 is 1.45 bits per heavy atom. The Kier molecular flexibility index (Phi) is 4.04. The molecule has 0 saturated carbocycles. The molecular weight excluding hydrogens is 278 g/mol. The number of imidazole rings is 1. The molecule has 0 aliphatic carbocycles. The molecule has 0 N–H and O–H groups in total. The standard InChI is InChI=1S/C13H20ClN5O/c1-6-18-12-11(8(2)16-18)15-10(7-14)19(12)9(3)13(20)17(4)5/h9H,6-7H2,1-5H3. The first-order valence-corrected chi connectivity index (χ1v) is 7.17. The number of rotatable bonds is 4. The van der Waals surface area contributed by atoms with Gasteiger partial charge >= 0.3 is 0 Å². The van der Waals surface area contributed by atoms with Crippen LogP contribution in [0.2, 0.25) is 0 Å². The van der Waals surface area contributed by atoms with Crippen LogP contribution in [0, 0.1) is 6.92 Å². The van der Waals surface area contributed by atoms with E-state index in [9.17, 15) is 4.79 Å². The molecule has 0 fully saturated rings. The third-order valence-electron chi connectivity index (χ3n) is 3.42. The van der Waals surface area contributed by atoms with Crippen molar-refractivity contribution in [1.29, 1.82) is 0 Å². The highest BCUT2D eigenvalue weighted by Crippen LogP contribution is 2.25. The van der Waals surface area contributed by atoms with E-state index >= 15 is 0 Å². The van der Waals surface area contributed by atoms with Crippen molar-refractivity contribution >= 4 is 28.7 Å². The number of aromatic nitrogens is 4. The van der Waals surface area contributed by atoms with E-state index < -0.39 is 0 Å². The molecule has 0 bridgehead atoms. The van der Waals surface area contributed by atoms with Crippen LogP contribution >= 0.6 is 11.6 Å². The van der Waals surface area contributed by atoms with Gasteiger partial charge in [0.25, 0.3) is 0 Å². The first-order valence-electron chi connectivity index (χ1n) is 6.63. The van der Waals surface area contributed by atoms with Gasteiger partial charge in [0.2, 0.25) is 5.91 Å². The first kappa shape index (κ1) is 14.8. The summed E-state index contributed by atoms with van der Waals surface area (Å²) >= 11 is 6.00. The number of hydrogen-bond donors (Lipinski definition) is 0. The molecule has 7 heteroatoms. The van der Waals surface area contributed by atoms with E-state index in [0.717, 1.165) is 23.4 Å². The maximum absolute atomic E-state index is 12.3. The van der Waals surface area contributed by atoms with Crippen molar-refractivity contribution in [2.75, 3.05) is 14.1 Å². The van der Waals surface area contributed by atoms with Crippen LogP contribution < -0.4 is 0 Å². The molecule has 2 aromatic heterocycles. The van der Waals surface area contributed by atoms with Crippen molar-refractivity contribution in [3.63, 3.8) is 0 Å². The summed E-state index contributed by atoms with van der Waals surface area (Å²) in [6.07, 6.45) is 0. The zero-order valence-corrected chi connectivity index (χ0v) is 13.3. The molecule has 1 unspecified atom stereocenters. The number of carbonyl (C=O) groups is 1. The molecule has 0 radical (unpaired) electrons. The number of hydrogen-bond acceptors (Lipinski definition) is 3. The molecule has 1 atom stereocenters. The lowest BCUT2D eigenvalue weighted by molar-refractivity contribution is -0.131. The van der Waals surface area contributed by atoms with Gasteiger partial charge in [0, 0.05) is 20.6 Å². The minimum absolute atomic E-state index is 0.0113. The molecule has 2 heterocycles. The van der Waals surface area contributed by atoms with E-state index in [2.05, 4.69) is 10.1 Å². The molecule has 0 spiro atoms. The zero-order chi connectivity index (χ0) is 15.0. The van der Waals surface area contributed by atoms with Crippen LogP contribution in [0.3, 0.4) is 0 Å². The Morgan fingerprint density at radius 2 is 2.10 bits per heavy atom. The molecule has 0 saturated heterocycles. The smallest absolute Gasteiger partial charge is 0.244 e. The second-order valence-corrected chi connectivity index (χ2v) is 5.28. The summed E-state index contributed by atoms with van der Waals surface area (Å²) in [5.41, 5.74) is 2.54. The van der Waals surface area contributed by atoms with Gasteiger partial charge in [-0.3, -0.25) is 9.36 Å². The molecule has 0 aliphatic heterocycles. The lowest BCUT2D eigenvalue weighted by atomic mass is 10.3. The van der Waals surface area contributed by atoms with E-state index in [0.29, 0.717) is 5.82 Å². The topological polar surface area (TPSA) is 56.0 Å². The summed E-state index contributed by atoms with van der Waals surface area (Å²) in [6.45, 7) is 6.52. The van der Waals surface area contributed by atoms with Crippen LogP contribution in [0.25, 0.3) is 11.2 Å². The maximum atomic E-state index is 12.3. The van der Waals surface area contributed by atoms with Crippen molar-refractivity contribution in [3.05, 3.63) is 11.5 Å². The van der Waals surface area contributed by atoms with E-state index in [1.54, 1.807) is 19.0 Å². The number of carbonyl (C=O) groups excluding carboxylic acids is 1. The number of alkyl halides is 1. The van der Waals surface area contributed by atoms with Crippen LogP contribution in [0.1, 0.15) is 31.4 Å². The van der Waals surface area contributed by atoms with Crippen LogP contribution in [-0.2, 0) is 17.2 Å². The fourth-order valence-electron chi connectivity index (χ4n) is 2.44. The van der Waals surface area contributed by atoms with Crippen LogP contribution in [0.4, 0.5) is 0 Å². The largest absolute Gasteiger partial charge is 0.347 e. The number of likely N-dealkylation sites (N-methyl/N-ethyl adjacent to an activating group) is 1. The molecule has 1 amide bonds. The highest BCUT2D eigenvalue weighted by molar-refractivity contribution is 6.16. The van der Waals surface area contributed by atoms with Gasteiger partial charge in [-0.25, -0.2) is 9.67 Å². The number of halogens is 1. The van der Waals surface area contributed by atoms with E-state index in [-0.39, 0.29) is 17.8 Å². The Bertz CT molecular complexity index is 643. The SMILES string of the molecule is CCn1nc(C)c2nc(CCl)n(C(C)C(=O)N(C)C)c21. The van der Waals surface area contributed by atoms with E-state index in [4.69, 9.17) is 11.6 Å². The van der Waals surface area contributed by atoms with Gasteiger partial charge in [0.1, 0.15) is 17.4 Å². The van der Waals surface area contributed by atoms with Gasteiger partial charge in [0.15, 0.2) is 5.65 Å². The van der Waals surface area contributed by atoms with Crippen molar-refractivity contribution in [2.24, 2.45) is 0 Å².